The monoisotopic (exact) mass is 292 g/mol. The number of nitrogens with zero attached hydrogens (tertiary/aromatic N) is 1. The summed E-state index contributed by atoms with van der Waals surface area (Å²) in [4.78, 5) is 16.6. The van der Waals surface area contributed by atoms with Crippen molar-refractivity contribution in [3.63, 3.8) is 0 Å². The van der Waals surface area contributed by atoms with Gasteiger partial charge in [0.2, 0.25) is 5.91 Å². The van der Waals surface area contributed by atoms with Gasteiger partial charge >= 0.3 is 0 Å². The predicted octanol–water partition coefficient (Wildman–Crippen LogP) is 3.12. The fourth-order valence-electron chi connectivity index (χ4n) is 3.64. The third-order valence-electron chi connectivity index (χ3n) is 4.83. The van der Waals surface area contributed by atoms with E-state index in [4.69, 9.17) is 0 Å². The summed E-state index contributed by atoms with van der Waals surface area (Å²) in [6, 6.07) is 2.49. The molecule has 0 radical (unpaired) electrons. The van der Waals surface area contributed by atoms with Gasteiger partial charge in [0, 0.05) is 11.4 Å². The lowest BCUT2D eigenvalue weighted by molar-refractivity contribution is -0.141. The number of carbonyl (C=O) groups is 1. The van der Waals surface area contributed by atoms with E-state index < -0.39 is 0 Å². The molecule has 110 valence electrons. The molecule has 3 nitrogen and oxygen atoms in total. The average molecular weight is 292 g/mol. The summed E-state index contributed by atoms with van der Waals surface area (Å²) >= 11 is 1.84. The highest BCUT2D eigenvalue weighted by molar-refractivity contribution is 7.10. The van der Waals surface area contributed by atoms with E-state index >= 15 is 0 Å². The molecule has 1 saturated heterocycles. The summed E-state index contributed by atoms with van der Waals surface area (Å²) in [6.45, 7) is 6.12. The molecule has 1 fully saturated rings. The van der Waals surface area contributed by atoms with Crippen molar-refractivity contribution in [3.8, 4) is 0 Å². The first-order chi connectivity index (χ1) is 9.65. The fraction of sp³-hybridized carbons (Fsp3) is 0.688. The Morgan fingerprint density at radius 2 is 2.40 bits per heavy atom. The Balaban J connectivity index is 1.84. The number of thiophene rings is 1. The third-order valence-corrected chi connectivity index (χ3v) is 5.83. The van der Waals surface area contributed by atoms with Crippen LogP contribution < -0.4 is 5.32 Å². The molecular weight excluding hydrogens is 268 g/mol. The Morgan fingerprint density at radius 1 is 1.55 bits per heavy atom. The van der Waals surface area contributed by atoms with Crippen LogP contribution in [0.4, 0.5) is 0 Å². The lowest BCUT2D eigenvalue weighted by atomic mass is 9.87. The normalized spacial score (nSPS) is 30.1. The van der Waals surface area contributed by atoms with Gasteiger partial charge < -0.3 is 10.2 Å². The SMILES string of the molecule is CCC1c2ccsc2CCN1C(=O)C1(C)CCCCN1. The molecule has 3 heterocycles. The Hall–Kier alpha value is -0.870. The molecule has 1 amide bonds. The smallest absolute Gasteiger partial charge is 0.243 e. The van der Waals surface area contributed by atoms with Crippen LogP contribution in [0.1, 0.15) is 56.0 Å². The third kappa shape index (κ3) is 2.29. The Labute approximate surface area is 125 Å². The molecule has 1 N–H and O–H groups in total. The molecule has 2 aliphatic heterocycles. The number of hydrogen-bond donors (Lipinski definition) is 1. The molecule has 2 atom stereocenters. The molecular formula is C16H24N2OS. The quantitative estimate of drug-likeness (QED) is 0.908. The van der Waals surface area contributed by atoms with Gasteiger partial charge in [0.1, 0.15) is 0 Å². The van der Waals surface area contributed by atoms with E-state index in [1.807, 2.05) is 11.3 Å². The van der Waals surface area contributed by atoms with Crippen molar-refractivity contribution in [2.24, 2.45) is 0 Å². The van der Waals surface area contributed by atoms with Gasteiger partial charge in [0.25, 0.3) is 0 Å². The summed E-state index contributed by atoms with van der Waals surface area (Å²) in [6.07, 6.45) is 5.34. The number of hydrogen-bond acceptors (Lipinski definition) is 3. The van der Waals surface area contributed by atoms with Crippen molar-refractivity contribution in [1.82, 2.24) is 10.2 Å². The number of nitrogens with one attached hydrogen (secondary N) is 1. The van der Waals surface area contributed by atoms with Crippen LogP contribution in [0.5, 0.6) is 0 Å². The van der Waals surface area contributed by atoms with Gasteiger partial charge in [-0.3, -0.25) is 4.79 Å². The van der Waals surface area contributed by atoms with Gasteiger partial charge in [0.15, 0.2) is 0 Å². The summed E-state index contributed by atoms with van der Waals surface area (Å²) in [7, 11) is 0. The number of amides is 1. The van der Waals surface area contributed by atoms with E-state index in [9.17, 15) is 4.79 Å². The molecule has 20 heavy (non-hydrogen) atoms. The van der Waals surface area contributed by atoms with Gasteiger partial charge in [-0.1, -0.05) is 6.92 Å². The standard InChI is InChI=1S/C16H24N2OS/c1-3-13-12-7-11-20-14(12)6-10-18(13)15(19)16(2)8-4-5-9-17-16/h7,11,13,17H,3-6,8-10H2,1-2H3. The van der Waals surface area contributed by atoms with Crippen molar-refractivity contribution in [1.29, 1.82) is 0 Å². The van der Waals surface area contributed by atoms with E-state index in [0.29, 0.717) is 5.91 Å². The second-order valence-corrected chi connectivity index (χ2v) is 7.19. The van der Waals surface area contributed by atoms with Crippen LogP contribution >= 0.6 is 11.3 Å². The maximum Gasteiger partial charge on any atom is 0.243 e. The topological polar surface area (TPSA) is 32.3 Å². The lowest BCUT2D eigenvalue weighted by Crippen LogP contribution is -2.59. The fourth-order valence-corrected chi connectivity index (χ4v) is 4.56. The highest BCUT2D eigenvalue weighted by Crippen LogP contribution is 2.37. The zero-order valence-corrected chi connectivity index (χ0v) is 13.3. The molecule has 0 aliphatic carbocycles. The van der Waals surface area contributed by atoms with Crippen LogP contribution in [-0.4, -0.2) is 29.4 Å². The van der Waals surface area contributed by atoms with E-state index in [0.717, 1.165) is 38.8 Å². The predicted molar refractivity (Wildman–Crippen MR) is 83.0 cm³/mol. The van der Waals surface area contributed by atoms with Gasteiger partial charge in [0.05, 0.1) is 11.6 Å². The summed E-state index contributed by atoms with van der Waals surface area (Å²) in [5, 5.41) is 5.63. The second-order valence-electron chi connectivity index (χ2n) is 6.19. The number of rotatable bonds is 2. The minimum Gasteiger partial charge on any atom is -0.334 e. The first kappa shape index (κ1) is 14.1. The highest BCUT2D eigenvalue weighted by Gasteiger charge is 2.41. The molecule has 2 unspecified atom stereocenters. The van der Waals surface area contributed by atoms with Crippen molar-refractivity contribution in [2.45, 2.75) is 57.5 Å². The summed E-state index contributed by atoms with van der Waals surface area (Å²) in [5.41, 5.74) is 1.04. The molecule has 2 aliphatic rings. The van der Waals surface area contributed by atoms with Crippen LogP contribution in [0.2, 0.25) is 0 Å². The number of fused-ring (bicyclic) bond motifs is 1. The van der Waals surface area contributed by atoms with Crippen LogP contribution in [0.15, 0.2) is 11.4 Å². The van der Waals surface area contributed by atoms with E-state index in [2.05, 4.69) is 35.5 Å². The zero-order valence-electron chi connectivity index (χ0n) is 12.4. The van der Waals surface area contributed by atoms with Crippen LogP contribution in [0.3, 0.4) is 0 Å². The number of piperidine rings is 1. The molecule has 1 aromatic heterocycles. The van der Waals surface area contributed by atoms with Crippen LogP contribution in [0, 0.1) is 0 Å². The second kappa shape index (κ2) is 5.49. The first-order valence-electron chi connectivity index (χ1n) is 7.78. The van der Waals surface area contributed by atoms with Crippen LogP contribution in [0.25, 0.3) is 0 Å². The van der Waals surface area contributed by atoms with Gasteiger partial charge in [-0.2, -0.15) is 0 Å². The van der Waals surface area contributed by atoms with Gasteiger partial charge in [-0.05, 0) is 62.6 Å². The molecule has 0 saturated carbocycles. The van der Waals surface area contributed by atoms with E-state index in [-0.39, 0.29) is 11.6 Å². The van der Waals surface area contributed by atoms with E-state index in [1.165, 1.54) is 16.9 Å². The Morgan fingerprint density at radius 3 is 3.10 bits per heavy atom. The Bertz CT molecular complexity index is 490. The van der Waals surface area contributed by atoms with E-state index in [1.54, 1.807) is 0 Å². The first-order valence-corrected chi connectivity index (χ1v) is 8.66. The van der Waals surface area contributed by atoms with Crippen LogP contribution in [-0.2, 0) is 11.2 Å². The molecule has 0 aromatic carbocycles. The Kier molecular flexibility index (Phi) is 3.87. The minimum absolute atomic E-state index is 0.276. The number of carbonyl (C=O) groups excluding carboxylic acids is 1. The van der Waals surface area contributed by atoms with Crippen molar-refractivity contribution >= 4 is 17.2 Å². The maximum atomic E-state index is 13.0. The average Bonchev–Trinajstić information content (AvgIpc) is 2.94. The van der Waals surface area contributed by atoms with Gasteiger partial charge in [-0.25, -0.2) is 0 Å². The summed E-state index contributed by atoms with van der Waals surface area (Å²) in [5.74, 6) is 0.306. The lowest BCUT2D eigenvalue weighted by Gasteiger charge is -2.43. The zero-order chi connectivity index (χ0) is 14.2. The molecule has 0 bridgehead atoms. The largest absolute Gasteiger partial charge is 0.334 e. The molecule has 1 aromatic rings. The molecule has 4 heteroatoms. The van der Waals surface area contributed by atoms with Crippen molar-refractivity contribution in [2.75, 3.05) is 13.1 Å². The summed E-state index contributed by atoms with van der Waals surface area (Å²) < 4.78 is 0. The molecule has 0 spiro atoms. The minimum atomic E-state index is -0.348. The van der Waals surface area contributed by atoms with Crippen molar-refractivity contribution < 1.29 is 4.79 Å². The molecule has 3 rings (SSSR count). The van der Waals surface area contributed by atoms with Gasteiger partial charge in [-0.15, -0.1) is 11.3 Å². The van der Waals surface area contributed by atoms with Crippen molar-refractivity contribution in [3.05, 3.63) is 21.9 Å². The highest BCUT2D eigenvalue weighted by atomic mass is 32.1. The maximum absolute atomic E-state index is 13.0.